The second-order valence-corrected chi connectivity index (χ2v) is 7.63. The molecule has 2 atom stereocenters. The number of nitrogens with zero attached hydrogens (tertiary/aromatic N) is 5. The summed E-state index contributed by atoms with van der Waals surface area (Å²) in [6.07, 6.45) is 3.26. The lowest BCUT2D eigenvalue weighted by atomic mass is 9.86. The van der Waals surface area contributed by atoms with E-state index in [4.69, 9.17) is 0 Å². The normalized spacial score (nSPS) is 14.7. The Morgan fingerprint density at radius 2 is 1.90 bits per heavy atom. The van der Waals surface area contributed by atoms with Gasteiger partial charge in [0.25, 0.3) is 0 Å². The smallest absolute Gasteiger partial charge is 0.137 e. The average molecular weight is 429 g/mol. The van der Waals surface area contributed by atoms with E-state index in [9.17, 15) is 18.3 Å². The summed E-state index contributed by atoms with van der Waals surface area (Å²) < 4.78 is 45.5. The molecule has 0 spiro atoms. The zero-order valence-electron chi connectivity index (χ0n) is 17.4. The van der Waals surface area contributed by atoms with E-state index in [1.165, 1.54) is 29.5 Å². The molecule has 0 saturated heterocycles. The zero-order chi connectivity index (χ0) is 22.3. The first-order chi connectivity index (χ1) is 14.8. The molecule has 0 amide bonds. The average Bonchev–Trinajstić information content (AvgIpc) is 3.37. The first-order valence-electron chi connectivity index (χ1n) is 9.92. The molecule has 0 radical (unpaired) electrons. The Hall–Kier alpha value is -3.20. The molecule has 0 fully saturated rings. The van der Waals surface area contributed by atoms with Crippen molar-refractivity contribution >= 4 is 10.9 Å². The van der Waals surface area contributed by atoms with Crippen molar-refractivity contribution in [1.29, 1.82) is 0 Å². The quantitative estimate of drug-likeness (QED) is 0.502. The van der Waals surface area contributed by atoms with Crippen molar-refractivity contribution in [2.45, 2.75) is 45.4 Å². The zero-order valence-corrected chi connectivity index (χ0v) is 17.4. The molecule has 0 aliphatic rings. The molecule has 2 aromatic heterocycles. The molecule has 162 valence electrons. The van der Waals surface area contributed by atoms with Crippen LogP contribution >= 0.6 is 0 Å². The van der Waals surface area contributed by atoms with Crippen molar-refractivity contribution in [2.24, 2.45) is 0 Å². The van der Waals surface area contributed by atoms with Crippen molar-refractivity contribution in [2.75, 3.05) is 0 Å². The van der Waals surface area contributed by atoms with E-state index >= 15 is 0 Å². The number of aromatic nitrogens is 5. The van der Waals surface area contributed by atoms with Gasteiger partial charge in [-0.1, -0.05) is 13.0 Å². The molecule has 0 aliphatic heterocycles. The number of benzene rings is 2. The number of fused-ring (bicyclic) bond motifs is 1. The number of halogens is 3. The summed E-state index contributed by atoms with van der Waals surface area (Å²) in [6, 6.07) is 5.28. The molecule has 4 aromatic rings. The minimum atomic E-state index is -1.86. The Morgan fingerprint density at radius 1 is 1.13 bits per heavy atom. The first kappa shape index (κ1) is 21.0. The molecule has 2 aromatic carbocycles. The van der Waals surface area contributed by atoms with Crippen molar-refractivity contribution in [3.05, 3.63) is 77.3 Å². The van der Waals surface area contributed by atoms with Gasteiger partial charge in [-0.25, -0.2) is 22.8 Å². The fraction of sp³-hybridized carbons (Fsp3) is 0.318. The predicted molar refractivity (Wildman–Crippen MR) is 109 cm³/mol. The number of hydrogen-bond donors (Lipinski definition) is 1. The summed E-state index contributed by atoms with van der Waals surface area (Å²) in [5.41, 5.74) is -0.312. The van der Waals surface area contributed by atoms with E-state index in [0.29, 0.717) is 17.5 Å². The van der Waals surface area contributed by atoms with Crippen LogP contribution in [0.4, 0.5) is 13.2 Å². The van der Waals surface area contributed by atoms with Crippen LogP contribution in [-0.4, -0.2) is 29.7 Å². The topological polar surface area (TPSA) is 68.8 Å². The van der Waals surface area contributed by atoms with Crippen LogP contribution in [0, 0.1) is 24.4 Å². The van der Waals surface area contributed by atoms with Gasteiger partial charge in [0.2, 0.25) is 0 Å². The highest BCUT2D eigenvalue weighted by Gasteiger charge is 2.41. The van der Waals surface area contributed by atoms with Gasteiger partial charge in [0, 0.05) is 28.3 Å². The number of aryl methyl sites for hydroxylation is 2. The van der Waals surface area contributed by atoms with Crippen LogP contribution in [-0.2, 0) is 18.6 Å². The van der Waals surface area contributed by atoms with Gasteiger partial charge in [-0.15, -0.1) is 0 Å². The molecule has 2 heterocycles. The molecule has 1 N–H and O–H groups in total. The predicted octanol–water partition coefficient (Wildman–Crippen LogP) is 4.06. The van der Waals surface area contributed by atoms with E-state index in [0.717, 1.165) is 23.2 Å². The van der Waals surface area contributed by atoms with Crippen LogP contribution in [0.3, 0.4) is 0 Å². The molecule has 0 unspecified atom stereocenters. The van der Waals surface area contributed by atoms with Gasteiger partial charge in [-0.2, -0.15) is 10.2 Å². The van der Waals surface area contributed by atoms with Gasteiger partial charge in [-0.3, -0.25) is 4.68 Å². The summed E-state index contributed by atoms with van der Waals surface area (Å²) in [7, 11) is 0. The number of hydrogen-bond acceptors (Lipinski definition) is 4. The standard InChI is InChI=1S/C22H22F3N5O/c1-4-20-16-6-8-18(24)13(2)21(16)28-30(20)14(3)22(31,10-29-12-26-11-27-29)17-7-5-15(23)9-19(17)25/h5-9,11-12,14,31H,4,10H2,1-3H3/t14-,22-/m1/s1. The van der Waals surface area contributed by atoms with Crippen LogP contribution in [0.5, 0.6) is 0 Å². The van der Waals surface area contributed by atoms with Gasteiger partial charge >= 0.3 is 0 Å². The highest BCUT2D eigenvalue weighted by molar-refractivity contribution is 5.84. The molecule has 9 heteroatoms. The van der Waals surface area contributed by atoms with Crippen LogP contribution < -0.4 is 0 Å². The molecular formula is C22H22F3N5O. The van der Waals surface area contributed by atoms with Gasteiger partial charge in [-0.05, 0) is 38.5 Å². The maximum Gasteiger partial charge on any atom is 0.137 e. The van der Waals surface area contributed by atoms with E-state index in [2.05, 4.69) is 15.2 Å². The first-order valence-corrected chi connectivity index (χ1v) is 9.92. The second kappa shape index (κ2) is 7.81. The van der Waals surface area contributed by atoms with Crippen molar-refractivity contribution in [3.63, 3.8) is 0 Å². The minimum Gasteiger partial charge on any atom is -0.381 e. The molecule has 4 rings (SSSR count). The highest BCUT2D eigenvalue weighted by atomic mass is 19.1. The van der Waals surface area contributed by atoms with Gasteiger partial charge < -0.3 is 5.11 Å². The molecule has 0 bridgehead atoms. The van der Waals surface area contributed by atoms with Gasteiger partial charge in [0.05, 0.1) is 18.1 Å². The van der Waals surface area contributed by atoms with E-state index in [-0.39, 0.29) is 17.9 Å². The second-order valence-electron chi connectivity index (χ2n) is 7.63. The summed E-state index contributed by atoms with van der Waals surface area (Å²) in [5.74, 6) is -2.01. The van der Waals surface area contributed by atoms with E-state index in [1.54, 1.807) is 24.6 Å². The summed E-state index contributed by atoms with van der Waals surface area (Å²) in [6.45, 7) is 5.10. The molecule has 0 aliphatic carbocycles. The lowest BCUT2D eigenvalue weighted by Crippen LogP contribution is -2.41. The Morgan fingerprint density at radius 3 is 2.55 bits per heavy atom. The number of aliphatic hydroxyl groups is 1. The van der Waals surface area contributed by atoms with Crippen LogP contribution in [0.15, 0.2) is 43.0 Å². The Balaban J connectivity index is 1.92. The molecule has 0 saturated carbocycles. The fourth-order valence-corrected chi connectivity index (χ4v) is 4.05. The minimum absolute atomic E-state index is 0.0959. The largest absolute Gasteiger partial charge is 0.381 e. The summed E-state index contributed by atoms with van der Waals surface area (Å²) in [5, 5.41) is 21.2. The van der Waals surface area contributed by atoms with Crippen molar-refractivity contribution in [3.8, 4) is 0 Å². The fourth-order valence-electron chi connectivity index (χ4n) is 4.05. The molecular weight excluding hydrogens is 407 g/mol. The van der Waals surface area contributed by atoms with Gasteiger partial charge in [0.15, 0.2) is 0 Å². The third-order valence-corrected chi connectivity index (χ3v) is 5.82. The Bertz CT molecular complexity index is 1240. The third-order valence-electron chi connectivity index (χ3n) is 5.82. The molecule has 31 heavy (non-hydrogen) atoms. The third kappa shape index (κ3) is 3.48. The number of rotatable bonds is 6. The maximum atomic E-state index is 14.8. The summed E-state index contributed by atoms with van der Waals surface area (Å²) in [4.78, 5) is 3.88. The van der Waals surface area contributed by atoms with E-state index < -0.39 is 23.3 Å². The van der Waals surface area contributed by atoms with Crippen molar-refractivity contribution < 1.29 is 18.3 Å². The Labute approximate surface area is 177 Å². The van der Waals surface area contributed by atoms with Crippen LogP contribution in [0.25, 0.3) is 10.9 Å². The van der Waals surface area contributed by atoms with E-state index in [1.807, 2.05) is 6.92 Å². The van der Waals surface area contributed by atoms with Gasteiger partial charge in [0.1, 0.15) is 35.7 Å². The van der Waals surface area contributed by atoms with Crippen LogP contribution in [0.2, 0.25) is 0 Å². The van der Waals surface area contributed by atoms with Crippen LogP contribution in [0.1, 0.15) is 36.7 Å². The lowest BCUT2D eigenvalue weighted by molar-refractivity contribution is -0.0374. The molecule has 6 nitrogen and oxygen atoms in total. The summed E-state index contributed by atoms with van der Waals surface area (Å²) >= 11 is 0. The maximum absolute atomic E-state index is 14.8. The Kier molecular flexibility index (Phi) is 5.30. The SMILES string of the molecule is CCc1c2ccc(F)c(C)c2nn1[C@H](C)[C@](O)(Cn1cncn1)c1ccc(F)cc1F. The highest BCUT2D eigenvalue weighted by Crippen LogP contribution is 2.38. The lowest BCUT2D eigenvalue weighted by Gasteiger charge is -2.35. The monoisotopic (exact) mass is 429 g/mol. The van der Waals surface area contributed by atoms with Crippen molar-refractivity contribution in [1.82, 2.24) is 24.5 Å².